The number of carboxylic acid groups (broad SMARTS) is 2. The highest BCUT2D eigenvalue weighted by molar-refractivity contribution is 5.89. The number of rotatable bonds is 16. The zero-order valence-corrected chi connectivity index (χ0v) is 28.9. The maximum absolute atomic E-state index is 14.2. The van der Waals surface area contributed by atoms with Crippen molar-refractivity contribution in [2.45, 2.75) is 57.5 Å². The summed E-state index contributed by atoms with van der Waals surface area (Å²) in [7, 11) is 1.33. The molecule has 0 bridgehead atoms. The molecule has 2 unspecified atom stereocenters. The molecular formula is C43H43NO7. The van der Waals surface area contributed by atoms with Gasteiger partial charge in [0, 0.05) is 24.9 Å². The van der Waals surface area contributed by atoms with Gasteiger partial charge in [0.25, 0.3) is 0 Å². The van der Waals surface area contributed by atoms with Gasteiger partial charge in [0.1, 0.15) is 0 Å². The van der Waals surface area contributed by atoms with Crippen molar-refractivity contribution >= 4 is 34.6 Å². The minimum atomic E-state index is -1.37. The lowest BCUT2D eigenvalue weighted by atomic mass is 9.84. The molecule has 5 rings (SSSR count). The predicted octanol–water partition coefficient (Wildman–Crippen LogP) is 7.72. The number of benzene rings is 5. The Morgan fingerprint density at radius 2 is 1.31 bits per heavy atom. The molecule has 0 aromatic heterocycles. The number of esters is 1. The Bertz CT molecular complexity index is 1970. The number of aryl methyl sites for hydroxylation is 2. The molecule has 8 heteroatoms. The van der Waals surface area contributed by atoms with Gasteiger partial charge >= 0.3 is 17.9 Å². The van der Waals surface area contributed by atoms with E-state index >= 15 is 0 Å². The quantitative estimate of drug-likeness (QED) is 0.102. The van der Waals surface area contributed by atoms with Crippen LogP contribution in [0.1, 0.15) is 63.9 Å². The normalized spacial score (nSPS) is 12.8. The third kappa shape index (κ3) is 9.91. The molecule has 51 heavy (non-hydrogen) atoms. The minimum absolute atomic E-state index is 0.193. The maximum atomic E-state index is 14.2. The Morgan fingerprint density at radius 1 is 0.667 bits per heavy atom. The lowest BCUT2D eigenvalue weighted by molar-refractivity contribution is -0.151. The molecule has 0 saturated carbocycles. The van der Waals surface area contributed by atoms with Crippen molar-refractivity contribution in [3.05, 3.63) is 155 Å². The molecule has 0 spiro atoms. The fraction of sp³-hybridized carbons (Fsp3) is 0.256. The standard InChI is InChI=1S/C43H43NO7/c1-29(44(40(45)26-38(42(48)49)27-41(46)47)28-33-17-18-34-13-6-7-14-37(34)24-33)39(35-19-21-36(22-20-35)43(50)51-2)25-32-12-8-11-31(23-32)16-15-30-9-4-3-5-10-30/h3-14,17-24,29,38-39H,15-16,25-28H2,1-2H3,(H,46,47)(H,48,49)/t29?,38-,39?/m1/s1. The predicted molar refractivity (Wildman–Crippen MR) is 196 cm³/mol. The Kier molecular flexibility index (Phi) is 12.4. The van der Waals surface area contributed by atoms with Crippen molar-refractivity contribution in [1.82, 2.24) is 4.90 Å². The van der Waals surface area contributed by atoms with E-state index in [2.05, 4.69) is 30.3 Å². The Hall–Kier alpha value is -5.76. The van der Waals surface area contributed by atoms with Crippen LogP contribution in [0.25, 0.3) is 10.8 Å². The number of fused-ring (bicyclic) bond motifs is 1. The van der Waals surface area contributed by atoms with Crippen molar-refractivity contribution in [2.75, 3.05) is 7.11 Å². The van der Waals surface area contributed by atoms with Gasteiger partial charge in [0.05, 0.1) is 25.0 Å². The zero-order chi connectivity index (χ0) is 36.3. The second kappa shape index (κ2) is 17.3. The number of aliphatic carboxylic acids is 2. The summed E-state index contributed by atoms with van der Waals surface area (Å²) in [6, 6.07) is 39.3. The van der Waals surface area contributed by atoms with Crippen molar-refractivity contribution < 1.29 is 34.1 Å². The number of methoxy groups -OCH3 is 1. The van der Waals surface area contributed by atoms with Crippen LogP contribution in [0.4, 0.5) is 0 Å². The molecule has 3 atom stereocenters. The van der Waals surface area contributed by atoms with Crippen LogP contribution in [0, 0.1) is 5.92 Å². The van der Waals surface area contributed by atoms with Gasteiger partial charge in [0.15, 0.2) is 0 Å². The van der Waals surface area contributed by atoms with Crippen LogP contribution in [-0.4, -0.2) is 52.1 Å². The molecule has 5 aromatic rings. The average Bonchev–Trinajstić information content (AvgIpc) is 3.14. The van der Waals surface area contributed by atoms with Crippen LogP contribution in [0.2, 0.25) is 0 Å². The number of hydrogen-bond donors (Lipinski definition) is 2. The number of ether oxygens (including phenoxy) is 1. The van der Waals surface area contributed by atoms with E-state index in [1.165, 1.54) is 18.2 Å². The van der Waals surface area contributed by atoms with Crippen LogP contribution in [0.15, 0.2) is 121 Å². The number of carbonyl (C=O) groups is 4. The molecule has 0 aliphatic carbocycles. The molecule has 0 aliphatic heterocycles. The molecule has 262 valence electrons. The Balaban J connectivity index is 1.51. The summed E-state index contributed by atoms with van der Waals surface area (Å²) >= 11 is 0. The summed E-state index contributed by atoms with van der Waals surface area (Å²) in [5.74, 6) is -5.15. The van der Waals surface area contributed by atoms with Crippen LogP contribution in [-0.2, 0) is 44.9 Å². The average molecular weight is 686 g/mol. The molecule has 0 aliphatic rings. The highest BCUT2D eigenvalue weighted by Crippen LogP contribution is 2.31. The summed E-state index contributed by atoms with van der Waals surface area (Å²) in [6.07, 6.45) is 1.19. The number of carboxylic acids is 2. The first-order valence-corrected chi connectivity index (χ1v) is 17.1. The molecule has 0 saturated heterocycles. The van der Waals surface area contributed by atoms with Crippen molar-refractivity contribution in [1.29, 1.82) is 0 Å². The SMILES string of the molecule is COC(=O)c1ccc(C(Cc2cccc(CCc3ccccc3)c2)C(C)N(Cc2ccc3ccccc3c2)C(=O)C[C@H](CC(=O)O)C(=O)O)cc1. The van der Waals surface area contributed by atoms with Crippen LogP contribution < -0.4 is 0 Å². The number of nitrogens with zero attached hydrogens (tertiary/aromatic N) is 1. The van der Waals surface area contributed by atoms with E-state index in [0.717, 1.165) is 40.3 Å². The number of amides is 1. The largest absolute Gasteiger partial charge is 0.481 e. The van der Waals surface area contributed by atoms with Gasteiger partial charge in [-0.25, -0.2) is 4.79 Å². The van der Waals surface area contributed by atoms with Crippen molar-refractivity contribution in [3.8, 4) is 0 Å². The molecule has 2 N–H and O–H groups in total. The fourth-order valence-corrected chi connectivity index (χ4v) is 6.65. The van der Waals surface area contributed by atoms with Gasteiger partial charge in [0.2, 0.25) is 5.91 Å². The molecule has 1 amide bonds. The van der Waals surface area contributed by atoms with Gasteiger partial charge in [-0.3, -0.25) is 14.4 Å². The first-order chi connectivity index (χ1) is 24.6. The maximum Gasteiger partial charge on any atom is 0.337 e. The first-order valence-electron chi connectivity index (χ1n) is 17.1. The second-order valence-electron chi connectivity index (χ2n) is 13.0. The summed E-state index contributed by atoms with van der Waals surface area (Å²) in [6.45, 7) is 2.14. The summed E-state index contributed by atoms with van der Waals surface area (Å²) in [5, 5.41) is 21.3. The number of hydrogen-bond acceptors (Lipinski definition) is 5. The van der Waals surface area contributed by atoms with Gasteiger partial charge in [-0.1, -0.05) is 103 Å². The van der Waals surface area contributed by atoms with E-state index in [0.29, 0.717) is 12.0 Å². The topological polar surface area (TPSA) is 121 Å². The smallest absolute Gasteiger partial charge is 0.337 e. The van der Waals surface area contributed by atoms with Gasteiger partial charge in [-0.2, -0.15) is 0 Å². The third-order valence-corrected chi connectivity index (χ3v) is 9.50. The van der Waals surface area contributed by atoms with Gasteiger partial charge < -0.3 is 19.8 Å². The monoisotopic (exact) mass is 685 g/mol. The molecule has 0 radical (unpaired) electrons. The van der Waals surface area contributed by atoms with Crippen LogP contribution in [0.5, 0.6) is 0 Å². The lowest BCUT2D eigenvalue weighted by Gasteiger charge is -2.36. The summed E-state index contributed by atoms with van der Waals surface area (Å²) in [4.78, 5) is 51.8. The summed E-state index contributed by atoms with van der Waals surface area (Å²) in [5.41, 5.74) is 5.67. The molecule has 5 aromatic carbocycles. The van der Waals surface area contributed by atoms with Crippen molar-refractivity contribution in [3.63, 3.8) is 0 Å². The Morgan fingerprint density at radius 3 is 2.00 bits per heavy atom. The van der Waals surface area contributed by atoms with Crippen LogP contribution >= 0.6 is 0 Å². The second-order valence-corrected chi connectivity index (χ2v) is 13.0. The highest BCUT2D eigenvalue weighted by atomic mass is 16.5. The molecular weight excluding hydrogens is 642 g/mol. The minimum Gasteiger partial charge on any atom is -0.481 e. The van der Waals surface area contributed by atoms with E-state index in [1.807, 2.05) is 85.8 Å². The molecule has 0 heterocycles. The van der Waals surface area contributed by atoms with Crippen LogP contribution in [0.3, 0.4) is 0 Å². The van der Waals surface area contributed by atoms with E-state index < -0.39 is 48.6 Å². The lowest BCUT2D eigenvalue weighted by Crippen LogP contribution is -2.43. The van der Waals surface area contributed by atoms with Gasteiger partial charge in [-0.15, -0.1) is 0 Å². The summed E-state index contributed by atoms with van der Waals surface area (Å²) < 4.78 is 4.92. The molecule has 8 nitrogen and oxygen atoms in total. The zero-order valence-electron chi connectivity index (χ0n) is 28.9. The molecule has 0 fully saturated rings. The highest BCUT2D eigenvalue weighted by Gasteiger charge is 2.33. The first kappa shape index (κ1) is 36.5. The van der Waals surface area contributed by atoms with E-state index in [-0.39, 0.29) is 12.5 Å². The van der Waals surface area contributed by atoms with Gasteiger partial charge in [-0.05, 0) is 83.0 Å². The Labute approximate surface area is 298 Å². The van der Waals surface area contributed by atoms with E-state index in [9.17, 15) is 29.4 Å². The van der Waals surface area contributed by atoms with Crippen molar-refractivity contribution in [2.24, 2.45) is 5.92 Å². The number of carbonyl (C=O) groups excluding carboxylic acids is 2. The van der Waals surface area contributed by atoms with E-state index in [1.54, 1.807) is 17.0 Å². The fourth-order valence-electron chi connectivity index (χ4n) is 6.65. The third-order valence-electron chi connectivity index (χ3n) is 9.50. The van der Waals surface area contributed by atoms with E-state index in [4.69, 9.17) is 4.74 Å².